The van der Waals surface area contributed by atoms with Gasteiger partial charge < -0.3 is 29.5 Å². The molecule has 0 aliphatic heterocycles. The van der Waals surface area contributed by atoms with Crippen LogP contribution < -0.4 is 20.1 Å². The zero-order valence-electron chi connectivity index (χ0n) is 20.3. The molecule has 0 aliphatic carbocycles. The van der Waals surface area contributed by atoms with E-state index in [4.69, 9.17) is 14.0 Å². The van der Waals surface area contributed by atoms with Gasteiger partial charge in [0.25, 0.3) is 0 Å². The highest BCUT2D eigenvalue weighted by molar-refractivity contribution is 14.0. The second-order valence-corrected chi connectivity index (χ2v) is 7.63. The van der Waals surface area contributed by atoms with Gasteiger partial charge in [-0.2, -0.15) is 0 Å². The summed E-state index contributed by atoms with van der Waals surface area (Å²) in [6.07, 6.45) is 2.11. The molecule has 8 nitrogen and oxygen atoms in total. The molecule has 0 amide bonds. The molecule has 180 valence electrons. The van der Waals surface area contributed by atoms with Crippen LogP contribution in [0.2, 0.25) is 0 Å². The summed E-state index contributed by atoms with van der Waals surface area (Å²) in [6.45, 7) is 5.53. The Morgan fingerprint density at radius 3 is 2.34 bits per heavy atom. The van der Waals surface area contributed by atoms with Crippen LogP contribution in [0.3, 0.4) is 0 Å². The highest BCUT2D eigenvalue weighted by Gasteiger charge is 2.18. The van der Waals surface area contributed by atoms with Crippen LogP contribution in [0.5, 0.6) is 11.5 Å². The van der Waals surface area contributed by atoms with Gasteiger partial charge in [-0.1, -0.05) is 25.1 Å². The molecule has 9 heteroatoms. The molecule has 1 aromatic heterocycles. The molecule has 0 saturated heterocycles. The molecule has 0 radical (unpaired) electrons. The van der Waals surface area contributed by atoms with E-state index in [1.54, 1.807) is 21.3 Å². The SMILES string of the molecule is CCC(CC)c1cc(CNC(=NC)NCC(c2ccc(OC)c(OC)c2)N(C)C)on1.I. The lowest BCUT2D eigenvalue weighted by Crippen LogP contribution is -2.41. The number of hydrogen-bond acceptors (Lipinski definition) is 6. The third-order valence-corrected chi connectivity index (χ3v) is 5.51. The monoisotopic (exact) mass is 559 g/mol. The van der Waals surface area contributed by atoms with Crippen molar-refractivity contribution in [3.05, 3.63) is 41.3 Å². The Balaban J connectivity index is 0.00000512. The predicted molar refractivity (Wildman–Crippen MR) is 139 cm³/mol. The van der Waals surface area contributed by atoms with Gasteiger partial charge in [-0.25, -0.2) is 0 Å². The van der Waals surface area contributed by atoms with Gasteiger partial charge in [-0.15, -0.1) is 24.0 Å². The number of nitrogens with zero attached hydrogens (tertiary/aromatic N) is 3. The van der Waals surface area contributed by atoms with Crippen molar-refractivity contribution in [2.45, 2.75) is 45.2 Å². The van der Waals surface area contributed by atoms with E-state index in [-0.39, 0.29) is 30.0 Å². The molecular weight excluding hydrogens is 521 g/mol. The molecule has 1 heterocycles. The van der Waals surface area contributed by atoms with Crippen LogP contribution in [-0.2, 0) is 6.54 Å². The summed E-state index contributed by atoms with van der Waals surface area (Å²) >= 11 is 0. The van der Waals surface area contributed by atoms with Crippen LogP contribution in [0.4, 0.5) is 0 Å². The average molecular weight is 559 g/mol. The van der Waals surface area contributed by atoms with Crippen molar-refractivity contribution in [3.8, 4) is 11.5 Å². The van der Waals surface area contributed by atoms with Gasteiger partial charge in [0, 0.05) is 25.6 Å². The van der Waals surface area contributed by atoms with Gasteiger partial charge in [0.2, 0.25) is 0 Å². The molecule has 2 aromatic rings. The number of methoxy groups -OCH3 is 2. The minimum atomic E-state index is 0. The fraction of sp³-hybridized carbons (Fsp3) is 0.565. The van der Waals surface area contributed by atoms with E-state index in [0.29, 0.717) is 36.5 Å². The molecule has 0 saturated carbocycles. The number of halogens is 1. The summed E-state index contributed by atoms with van der Waals surface area (Å²) < 4.78 is 16.3. The maximum absolute atomic E-state index is 5.50. The fourth-order valence-corrected chi connectivity index (χ4v) is 3.56. The first-order valence-corrected chi connectivity index (χ1v) is 10.8. The minimum absolute atomic E-state index is 0. The molecule has 1 aromatic carbocycles. The minimum Gasteiger partial charge on any atom is -0.493 e. The quantitative estimate of drug-likeness (QED) is 0.243. The Morgan fingerprint density at radius 2 is 1.78 bits per heavy atom. The number of ether oxygens (including phenoxy) is 2. The summed E-state index contributed by atoms with van der Waals surface area (Å²) in [5.41, 5.74) is 2.14. The van der Waals surface area contributed by atoms with Crippen LogP contribution >= 0.6 is 24.0 Å². The third kappa shape index (κ3) is 7.54. The number of hydrogen-bond donors (Lipinski definition) is 2. The summed E-state index contributed by atoms with van der Waals surface area (Å²) in [4.78, 5) is 6.49. The second kappa shape index (κ2) is 14.2. The summed E-state index contributed by atoms with van der Waals surface area (Å²) in [7, 11) is 9.14. The van der Waals surface area contributed by atoms with Gasteiger partial charge >= 0.3 is 0 Å². The largest absolute Gasteiger partial charge is 0.493 e. The molecule has 2 N–H and O–H groups in total. The smallest absolute Gasteiger partial charge is 0.191 e. The maximum Gasteiger partial charge on any atom is 0.191 e. The molecule has 0 spiro atoms. The van der Waals surface area contributed by atoms with E-state index in [1.807, 2.05) is 32.3 Å². The summed E-state index contributed by atoms with van der Waals surface area (Å²) in [6, 6.07) is 8.14. The Labute approximate surface area is 209 Å². The highest BCUT2D eigenvalue weighted by Crippen LogP contribution is 2.31. The molecule has 32 heavy (non-hydrogen) atoms. The van der Waals surface area contributed by atoms with Crippen molar-refractivity contribution in [2.24, 2.45) is 4.99 Å². The van der Waals surface area contributed by atoms with Crippen molar-refractivity contribution in [2.75, 3.05) is 41.9 Å². The first-order valence-electron chi connectivity index (χ1n) is 10.8. The van der Waals surface area contributed by atoms with Crippen molar-refractivity contribution < 1.29 is 14.0 Å². The molecule has 0 bridgehead atoms. The van der Waals surface area contributed by atoms with E-state index >= 15 is 0 Å². The van der Waals surface area contributed by atoms with Crippen LogP contribution in [-0.4, -0.2) is 57.9 Å². The Morgan fingerprint density at radius 1 is 1.09 bits per heavy atom. The van der Waals surface area contributed by atoms with Crippen molar-refractivity contribution in [1.29, 1.82) is 0 Å². The van der Waals surface area contributed by atoms with Gasteiger partial charge in [0.1, 0.15) is 0 Å². The number of nitrogens with one attached hydrogen (secondary N) is 2. The molecule has 0 fully saturated rings. The number of aliphatic imine (C=N–C) groups is 1. The summed E-state index contributed by atoms with van der Waals surface area (Å²) in [5.74, 6) is 3.38. The summed E-state index contributed by atoms with van der Waals surface area (Å²) in [5, 5.41) is 10.9. The number of guanidine groups is 1. The van der Waals surface area contributed by atoms with Crippen LogP contribution in [0.25, 0.3) is 0 Å². The highest BCUT2D eigenvalue weighted by atomic mass is 127. The lowest BCUT2D eigenvalue weighted by atomic mass is 9.99. The number of benzene rings is 1. The van der Waals surface area contributed by atoms with Crippen LogP contribution in [0, 0.1) is 0 Å². The van der Waals surface area contributed by atoms with Gasteiger partial charge in [-0.05, 0) is 44.6 Å². The van der Waals surface area contributed by atoms with Crippen molar-refractivity contribution in [3.63, 3.8) is 0 Å². The first-order chi connectivity index (χ1) is 15.0. The average Bonchev–Trinajstić information content (AvgIpc) is 3.25. The molecule has 0 aliphatic rings. The molecular formula is C23H38IN5O3. The van der Waals surface area contributed by atoms with Gasteiger partial charge in [0.15, 0.2) is 23.2 Å². The number of aromatic nitrogens is 1. The van der Waals surface area contributed by atoms with Crippen molar-refractivity contribution in [1.82, 2.24) is 20.7 Å². The Kier molecular flexibility index (Phi) is 12.4. The molecule has 1 unspecified atom stereocenters. The Bertz CT molecular complexity index is 837. The van der Waals surface area contributed by atoms with Gasteiger partial charge in [-0.3, -0.25) is 4.99 Å². The van der Waals surface area contributed by atoms with E-state index in [9.17, 15) is 0 Å². The second-order valence-electron chi connectivity index (χ2n) is 7.63. The lowest BCUT2D eigenvalue weighted by Gasteiger charge is -2.26. The fourth-order valence-electron chi connectivity index (χ4n) is 3.56. The topological polar surface area (TPSA) is 84.2 Å². The number of likely N-dealkylation sites (N-methyl/N-ethyl adjacent to an activating group) is 1. The first kappa shape index (κ1) is 28.0. The Hall–Kier alpha value is -2.01. The van der Waals surface area contributed by atoms with Crippen LogP contribution in [0.15, 0.2) is 33.8 Å². The zero-order chi connectivity index (χ0) is 22.8. The van der Waals surface area contributed by atoms with E-state index in [1.165, 1.54) is 0 Å². The van der Waals surface area contributed by atoms with E-state index < -0.39 is 0 Å². The normalized spacial score (nSPS) is 12.5. The lowest BCUT2D eigenvalue weighted by molar-refractivity contribution is 0.295. The third-order valence-electron chi connectivity index (χ3n) is 5.51. The van der Waals surface area contributed by atoms with Gasteiger partial charge in [0.05, 0.1) is 32.5 Å². The predicted octanol–water partition coefficient (Wildman–Crippen LogP) is 4.18. The van der Waals surface area contributed by atoms with Crippen LogP contribution in [0.1, 0.15) is 55.7 Å². The zero-order valence-corrected chi connectivity index (χ0v) is 22.6. The van der Waals surface area contributed by atoms with E-state index in [2.05, 4.69) is 45.6 Å². The van der Waals surface area contributed by atoms with Crippen molar-refractivity contribution >= 4 is 29.9 Å². The standard InChI is InChI=1S/C23H37N5O3.HI/c1-8-16(9-2)19-13-18(31-27-19)14-25-23(24-3)26-15-20(28(4)5)17-10-11-21(29-6)22(12-17)30-7;/h10-13,16,20H,8-9,14-15H2,1-7H3,(H2,24,25,26);1H. The number of rotatable bonds is 11. The van der Waals surface area contributed by atoms with E-state index in [0.717, 1.165) is 29.9 Å². The maximum atomic E-state index is 5.50. The molecule has 2 rings (SSSR count). The molecule has 1 atom stereocenters.